The van der Waals surface area contributed by atoms with E-state index in [1.165, 1.54) is 11.8 Å². The molecule has 2 amide bonds. The summed E-state index contributed by atoms with van der Waals surface area (Å²) < 4.78 is 0. The Morgan fingerprint density at radius 3 is 2.50 bits per heavy atom. The SMILES string of the molecule is CCCCCNC(=O)CC1SC(=NCCCC)N(CCCC)C1=O. The van der Waals surface area contributed by atoms with Gasteiger partial charge in [0.05, 0.1) is 0 Å². The molecule has 5 nitrogen and oxygen atoms in total. The Kier molecular flexibility index (Phi) is 10.8. The van der Waals surface area contributed by atoms with Gasteiger partial charge in [-0.1, -0.05) is 58.2 Å². The van der Waals surface area contributed by atoms with Crippen LogP contribution in [0.15, 0.2) is 4.99 Å². The summed E-state index contributed by atoms with van der Waals surface area (Å²) in [7, 11) is 0. The first-order valence-electron chi connectivity index (χ1n) is 9.43. The molecule has 0 aliphatic carbocycles. The maximum Gasteiger partial charge on any atom is 0.242 e. The highest BCUT2D eigenvalue weighted by Gasteiger charge is 2.38. The van der Waals surface area contributed by atoms with E-state index in [2.05, 4.69) is 31.1 Å². The Morgan fingerprint density at radius 1 is 1.12 bits per heavy atom. The maximum atomic E-state index is 12.6. The van der Waals surface area contributed by atoms with Crippen LogP contribution in [0.25, 0.3) is 0 Å². The molecular weight excluding hydrogens is 322 g/mol. The van der Waals surface area contributed by atoms with E-state index in [0.29, 0.717) is 13.1 Å². The molecule has 1 fully saturated rings. The van der Waals surface area contributed by atoms with Crippen molar-refractivity contribution in [2.24, 2.45) is 4.99 Å². The molecule has 1 saturated heterocycles. The van der Waals surface area contributed by atoms with Crippen LogP contribution in [0.1, 0.15) is 72.1 Å². The van der Waals surface area contributed by atoms with Gasteiger partial charge in [-0.25, -0.2) is 0 Å². The predicted octanol–water partition coefficient (Wildman–Crippen LogP) is 3.58. The number of aliphatic imine (C=N–C) groups is 1. The van der Waals surface area contributed by atoms with Crippen LogP contribution in [0.2, 0.25) is 0 Å². The molecule has 1 atom stereocenters. The normalized spacial score (nSPS) is 19.3. The molecule has 1 heterocycles. The molecule has 0 radical (unpaired) electrons. The van der Waals surface area contributed by atoms with Crippen LogP contribution < -0.4 is 5.32 Å². The Hall–Kier alpha value is -1.04. The Morgan fingerprint density at radius 2 is 1.83 bits per heavy atom. The summed E-state index contributed by atoms with van der Waals surface area (Å²) in [6, 6.07) is 0. The molecule has 1 aliphatic rings. The molecule has 6 heteroatoms. The lowest BCUT2D eigenvalue weighted by atomic mass is 10.2. The lowest BCUT2D eigenvalue weighted by molar-refractivity contribution is -0.129. The minimum Gasteiger partial charge on any atom is -0.356 e. The number of nitrogens with zero attached hydrogens (tertiary/aromatic N) is 2. The summed E-state index contributed by atoms with van der Waals surface area (Å²) in [5, 5.41) is 3.43. The van der Waals surface area contributed by atoms with E-state index in [1.807, 2.05) is 0 Å². The number of hydrogen-bond acceptors (Lipinski definition) is 4. The van der Waals surface area contributed by atoms with Gasteiger partial charge in [0.15, 0.2) is 5.17 Å². The fourth-order valence-electron chi connectivity index (χ4n) is 2.46. The van der Waals surface area contributed by atoms with Crippen molar-refractivity contribution < 1.29 is 9.59 Å². The molecule has 0 spiro atoms. The van der Waals surface area contributed by atoms with Crippen molar-refractivity contribution in [3.8, 4) is 0 Å². The van der Waals surface area contributed by atoms with E-state index in [1.54, 1.807) is 4.90 Å². The minimum absolute atomic E-state index is 0.0257. The number of thioether (sulfide) groups is 1. The Bertz CT molecular complexity index is 426. The summed E-state index contributed by atoms with van der Waals surface area (Å²) >= 11 is 1.47. The van der Waals surface area contributed by atoms with E-state index in [-0.39, 0.29) is 23.5 Å². The monoisotopic (exact) mass is 355 g/mol. The number of carbonyl (C=O) groups is 2. The molecule has 138 valence electrons. The lowest BCUT2D eigenvalue weighted by Gasteiger charge is -2.15. The van der Waals surface area contributed by atoms with Gasteiger partial charge in [-0.3, -0.25) is 19.5 Å². The number of carbonyl (C=O) groups excluding carboxylic acids is 2. The van der Waals surface area contributed by atoms with Crippen molar-refractivity contribution in [2.75, 3.05) is 19.6 Å². The molecule has 24 heavy (non-hydrogen) atoms. The van der Waals surface area contributed by atoms with E-state index < -0.39 is 0 Å². The lowest BCUT2D eigenvalue weighted by Crippen LogP contribution is -2.35. The van der Waals surface area contributed by atoms with Gasteiger partial charge in [0.25, 0.3) is 0 Å². The highest BCUT2D eigenvalue weighted by atomic mass is 32.2. The molecule has 1 rings (SSSR count). The highest BCUT2D eigenvalue weighted by Crippen LogP contribution is 2.30. The van der Waals surface area contributed by atoms with Gasteiger partial charge in [0.2, 0.25) is 11.8 Å². The quantitative estimate of drug-likeness (QED) is 0.544. The third-order valence-electron chi connectivity index (χ3n) is 3.99. The molecule has 1 aliphatic heterocycles. The van der Waals surface area contributed by atoms with Gasteiger partial charge in [-0.2, -0.15) is 0 Å². The van der Waals surface area contributed by atoms with E-state index in [9.17, 15) is 9.59 Å². The number of rotatable bonds is 12. The molecule has 0 aromatic carbocycles. The third kappa shape index (κ3) is 7.24. The topological polar surface area (TPSA) is 61.8 Å². The van der Waals surface area contributed by atoms with Crippen LogP contribution in [0.4, 0.5) is 0 Å². The zero-order valence-electron chi connectivity index (χ0n) is 15.5. The van der Waals surface area contributed by atoms with Crippen molar-refractivity contribution >= 4 is 28.7 Å². The Labute approximate surface area is 151 Å². The van der Waals surface area contributed by atoms with Crippen molar-refractivity contribution in [3.63, 3.8) is 0 Å². The second-order valence-electron chi connectivity index (χ2n) is 6.23. The smallest absolute Gasteiger partial charge is 0.242 e. The van der Waals surface area contributed by atoms with Crippen molar-refractivity contribution in [2.45, 2.75) is 77.4 Å². The van der Waals surface area contributed by atoms with Crippen molar-refractivity contribution in [1.82, 2.24) is 10.2 Å². The van der Waals surface area contributed by atoms with E-state index >= 15 is 0 Å². The van der Waals surface area contributed by atoms with Gasteiger partial charge >= 0.3 is 0 Å². The van der Waals surface area contributed by atoms with Crippen LogP contribution in [0.5, 0.6) is 0 Å². The molecule has 0 saturated carbocycles. The van der Waals surface area contributed by atoms with Gasteiger partial charge < -0.3 is 5.32 Å². The summed E-state index contributed by atoms with van der Waals surface area (Å²) in [5.74, 6) is 0.0228. The van der Waals surface area contributed by atoms with Gasteiger partial charge in [-0.05, 0) is 19.3 Å². The molecule has 1 N–H and O–H groups in total. The van der Waals surface area contributed by atoms with Gasteiger partial charge in [-0.15, -0.1) is 0 Å². The molecular formula is C18H33N3O2S. The molecule has 0 aromatic rings. The number of amides is 2. The van der Waals surface area contributed by atoms with Crippen molar-refractivity contribution in [3.05, 3.63) is 0 Å². The molecule has 1 unspecified atom stereocenters. The summed E-state index contributed by atoms with van der Waals surface area (Å²) in [6.07, 6.45) is 7.64. The average molecular weight is 356 g/mol. The largest absolute Gasteiger partial charge is 0.356 e. The number of amidine groups is 1. The fraction of sp³-hybridized carbons (Fsp3) is 0.833. The number of unbranched alkanes of at least 4 members (excludes halogenated alkanes) is 4. The first kappa shape index (κ1) is 21.0. The zero-order valence-corrected chi connectivity index (χ0v) is 16.3. The van der Waals surface area contributed by atoms with Crippen LogP contribution in [-0.2, 0) is 9.59 Å². The highest BCUT2D eigenvalue weighted by molar-refractivity contribution is 8.15. The number of hydrogen-bond donors (Lipinski definition) is 1. The van der Waals surface area contributed by atoms with Gasteiger partial charge in [0.1, 0.15) is 5.25 Å². The zero-order chi connectivity index (χ0) is 17.8. The average Bonchev–Trinajstić information content (AvgIpc) is 2.85. The Balaban J connectivity index is 2.56. The first-order chi connectivity index (χ1) is 11.6. The van der Waals surface area contributed by atoms with E-state index in [0.717, 1.165) is 56.7 Å². The van der Waals surface area contributed by atoms with Gasteiger partial charge in [0, 0.05) is 26.1 Å². The van der Waals surface area contributed by atoms with Crippen molar-refractivity contribution in [1.29, 1.82) is 0 Å². The maximum absolute atomic E-state index is 12.6. The van der Waals surface area contributed by atoms with Crippen LogP contribution in [0, 0.1) is 0 Å². The van der Waals surface area contributed by atoms with E-state index in [4.69, 9.17) is 0 Å². The standard InChI is InChI=1S/C18H33N3O2S/c1-4-7-10-12-19-16(22)14-15-17(23)21(13-9-6-3)18(24-15)20-11-8-5-2/h15H,4-14H2,1-3H3,(H,19,22). The molecule has 0 bridgehead atoms. The third-order valence-corrected chi connectivity index (χ3v) is 5.20. The molecule has 0 aromatic heterocycles. The first-order valence-corrected chi connectivity index (χ1v) is 10.3. The van der Waals surface area contributed by atoms with Crippen LogP contribution >= 0.6 is 11.8 Å². The van der Waals surface area contributed by atoms with Crippen LogP contribution in [-0.4, -0.2) is 46.8 Å². The summed E-state index contributed by atoms with van der Waals surface area (Å²) in [6.45, 7) is 8.55. The predicted molar refractivity (Wildman–Crippen MR) is 102 cm³/mol. The van der Waals surface area contributed by atoms with Crippen LogP contribution in [0.3, 0.4) is 0 Å². The second kappa shape index (κ2) is 12.3. The minimum atomic E-state index is -0.312. The fourth-order valence-corrected chi connectivity index (χ4v) is 3.65. The second-order valence-corrected chi connectivity index (χ2v) is 7.40. The number of nitrogens with one attached hydrogen (secondary N) is 1. The summed E-state index contributed by atoms with van der Waals surface area (Å²) in [5.41, 5.74) is 0. The summed E-state index contributed by atoms with van der Waals surface area (Å²) in [4.78, 5) is 31.1.